The highest BCUT2D eigenvalue weighted by atomic mass is 16.6. The van der Waals surface area contributed by atoms with E-state index in [4.69, 9.17) is 5.73 Å². The summed E-state index contributed by atoms with van der Waals surface area (Å²) in [6.45, 7) is 1.44. The normalized spacial score (nSPS) is 10.8. The highest BCUT2D eigenvalue weighted by Crippen LogP contribution is 2.33. The van der Waals surface area contributed by atoms with Crippen molar-refractivity contribution in [1.82, 2.24) is 14.6 Å². The average molecular weight is 297 g/mol. The van der Waals surface area contributed by atoms with E-state index >= 15 is 0 Å². The minimum Gasteiger partial charge on any atom is -0.382 e. The van der Waals surface area contributed by atoms with Crippen LogP contribution in [0.1, 0.15) is 17.3 Å². The number of aromatic nitrogens is 3. The van der Waals surface area contributed by atoms with Crippen LogP contribution in [0.4, 0.5) is 11.5 Å². The Morgan fingerprint density at radius 1 is 1.32 bits per heavy atom. The Labute approximate surface area is 124 Å². The Morgan fingerprint density at radius 2 is 2.00 bits per heavy atom. The lowest BCUT2D eigenvalue weighted by Crippen LogP contribution is -1.98. The predicted octanol–water partition coefficient (Wildman–Crippen LogP) is 2.09. The standard InChI is InChI=1S/C14H11N5O3/c1-8(20)11-6-18-13(14(15)16-7-17-18)12(11)9-2-4-10(5-3-9)19(21)22/h2-7H,1H3,(H2,15,16,17). The van der Waals surface area contributed by atoms with Gasteiger partial charge in [-0.3, -0.25) is 14.9 Å². The Bertz CT molecular complexity index is 899. The van der Waals surface area contributed by atoms with Crippen LogP contribution in [0.3, 0.4) is 0 Å². The summed E-state index contributed by atoms with van der Waals surface area (Å²) in [6, 6.07) is 5.91. The number of ketones is 1. The number of carbonyl (C=O) groups is 1. The zero-order valence-electron chi connectivity index (χ0n) is 11.6. The molecule has 2 N–H and O–H groups in total. The fourth-order valence-corrected chi connectivity index (χ4v) is 2.34. The lowest BCUT2D eigenvalue weighted by atomic mass is 10.0. The van der Waals surface area contributed by atoms with E-state index in [9.17, 15) is 14.9 Å². The number of fused-ring (bicyclic) bond motifs is 1. The van der Waals surface area contributed by atoms with Crippen LogP contribution in [-0.4, -0.2) is 25.3 Å². The maximum absolute atomic E-state index is 11.9. The third kappa shape index (κ3) is 2.06. The summed E-state index contributed by atoms with van der Waals surface area (Å²) < 4.78 is 1.48. The van der Waals surface area contributed by atoms with Gasteiger partial charge in [0.1, 0.15) is 11.8 Å². The second-order valence-corrected chi connectivity index (χ2v) is 4.72. The zero-order chi connectivity index (χ0) is 15.9. The van der Waals surface area contributed by atoms with Crippen molar-refractivity contribution in [3.63, 3.8) is 0 Å². The molecule has 0 aliphatic carbocycles. The van der Waals surface area contributed by atoms with E-state index in [1.165, 1.54) is 29.9 Å². The van der Waals surface area contributed by atoms with Gasteiger partial charge < -0.3 is 5.73 Å². The van der Waals surface area contributed by atoms with Gasteiger partial charge in [-0.25, -0.2) is 9.50 Å². The van der Waals surface area contributed by atoms with Crippen molar-refractivity contribution in [2.24, 2.45) is 0 Å². The molecule has 0 aliphatic heterocycles. The van der Waals surface area contributed by atoms with Gasteiger partial charge in [-0.2, -0.15) is 5.10 Å². The highest BCUT2D eigenvalue weighted by Gasteiger charge is 2.19. The van der Waals surface area contributed by atoms with Crippen LogP contribution in [-0.2, 0) is 0 Å². The maximum Gasteiger partial charge on any atom is 0.269 e. The molecule has 0 aliphatic rings. The summed E-state index contributed by atoms with van der Waals surface area (Å²) in [7, 11) is 0. The highest BCUT2D eigenvalue weighted by molar-refractivity contribution is 6.07. The summed E-state index contributed by atoms with van der Waals surface area (Å²) in [5, 5.41) is 14.8. The number of nitro groups is 1. The summed E-state index contributed by atoms with van der Waals surface area (Å²) >= 11 is 0. The van der Waals surface area contributed by atoms with Gasteiger partial charge in [-0.15, -0.1) is 0 Å². The van der Waals surface area contributed by atoms with Crippen LogP contribution >= 0.6 is 0 Å². The molecular weight excluding hydrogens is 286 g/mol. The van der Waals surface area contributed by atoms with Gasteiger partial charge in [0, 0.05) is 29.5 Å². The predicted molar refractivity (Wildman–Crippen MR) is 79.5 cm³/mol. The van der Waals surface area contributed by atoms with Gasteiger partial charge in [-0.1, -0.05) is 0 Å². The first-order valence-corrected chi connectivity index (χ1v) is 6.36. The van der Waals surface area contributed by atoms with Crippen LogP contribution in [0.2, 0.25) is 0 Å². The Kier molecular flexibility index (Phi) is 3.06. The molecule has 0 unspecified atom stereocenters. The second kappa shape index (κ2) is 4.92. The largest absolute Gasteiger partial charge is 0.382 e. The van der Waals surface area contributed by atoms with Crippen molar-refractivity contribution in [1.29, 1.82) is 0 Å². The minimum absolute atomic E-state index is 0.0270. The van der Waals surface area contributed by atoms with Crippen molar-refractivity contribution >= 4 is 22.8 Å². The number of nitrogen functional groups attached to an aromatic ring is 1. The fraction of sp³-hybridized carbons (Fsp3) is 0.0714. The summed E-state index contributed by atoms with van der Waals surface area (Å²) in [4.78, 5) is 26.1. The van der Waals surface area contributed by atoms with Gasteiger partial charge in [0.05, 0.1) is 4.92 Å². The molecule has 1 aromatic carbocycles. The molecule has 3 rings (SSSR count). The molecule has 0 amide bonds. The second-order valence-electron chi connectivity index (χ2n) is 4.72. The van der Waals surface area contributed by atoms with Gasteiger partial charge in [0.2, 0.25) is 0 Å². The average Bonchev–Trinajstić information content (AvgIpc) is 2.88. The summed E-state index contributed by atoms with van der Waals surface area (Å²) in [6.07, 6.45) is 2.87. The smallest absolute Gasteiger partial charge is 0.269 e. The third-order valence-corrected chi connectivity index (χ3v) is 3.35. The van der Waals surface area contributed by atoms with Crippen LogP contribution in [0.25, 0.3) is 16.6 Å². The van der Waals surface area contributed by atoms with E-state index in [-0.39, 0.29) is 17.3 Å². The zero-order valence-corrected chi connectivity index (χ0v) is 11.6. The number of Topliss-reactive ketones (excluding diaryl/α,β-unsaturated/α-hetero) is 1. The van der Waals surface area contributed by atoms with E-state index < -0.39 is 4.92 Å². The molecule has 22 heavy (non-hydrogen) atoms. The molecule has 8 nitrogen and oxygen atoms in total. The van der Waals surface area contributed by atoms with Crippen LogP contribution in [0, 0.1) is 10.1 Å². The first kappa shape index (κ1) is 13.7. The SMILES string of the molecule is CC(=O)c1cn2ncnc(N)c2c1-c1ccc([N+](=O)[O-])cc1. The lowest BCUT2D eigenvalue weighted by Gasteiger charge is -2.04. The molecule has 3 aromatic rings. The molecule has 0 spiro atoms. The number of hydrogen-bond donors (Lipinski definition) is 1. The van der Waals surface area contributed by atoms with Crippen LogP contribution in [0.15, 0.2) is 36.8 Å². The molecule has 0 atom stereocenters. The van der Waals surface area contributed by atoms with Crippen molar-refractivity contribution in [3.8, 4) is 11.1 Å². The summed E-state index contributed by atoms with van der Waals surface area (Å²) in [5.74, 6) is 0.0779. The molecule has 2 heterocycles. The Morgan fingerprint density at radius 3 is 2.59 bits per heavy atom. The number of benzene rings is 1. The van der Waals surface area contributed by atoms with E-state index in [0.717, 1.165) is 0 Å². The van der Waals surface area contributed by atoms with Crippen molar-refractivity contribution in [2.45, 2.75) is 6.92 Å². The fourth-order valence-electron chi connectivity index (χ4n) is 2.34. The first-order valence-electron chi connectivity index (χ1n) is 6.36. The monoisotopic (exact) mass is 297 g/mol. The molecule has 0 saturated carbocycles. The number of hydrogen-bond acceptors (Lipinski definition) is 6. The number of nitrogens with two attached hydrogens (primary N) is 1. The minimum atomic E-state index is -0.481. The van der Waals surface area contributed by atoms with Gasteiger partial charge in [0.15, 0.2) is 11.6 Å². The van der Waals surface area contributed by atoms with Crippen molar-refractivity contribution < 1.29 is 9.72 Å². The quantitative estimate of drug-likeness (QED) is 0.449. The van der Waals surface area contributed by atoms with Crippen LogP contribution in [0.5, 0.6) is 0 Å². The number of nitrogens with zero attached hydrogens (tertiary/aromatic N) is 4. The van der Waals surface area contributed by atoms with E-state index in [1.807, 2.05) is 0 Å². The van der Waals surface area contributed by atoms with E-state index in [2.05, 4.69) is 10.1 Å². The van der Waals surface area contributed by atoms with Crippen molar-refractivity contribution in [3.05, 3.63) is 52.5 Å². The molecule has 110 valence electrons. The van der Waals surface area contributed by atoms with Crippen LogP contribution < -0.4 is 5.73 Å². The number of anilines is 1. The molecule has 8 heteroatoms. The molecule has 0 fully saturated rings. The maximum atomic E-state index is 11.9. The number of nitro benzene ring substituents is 1. The lowest BCUT2D eigenvalue weighted by molar-refractivity contribution is -0.384. The topological polar surface area (TPSA) is 116 Å². The number of carbonyl (C=O) groups excluding carboxylic acids is 1. The Hall–Kier alpha value is -3.29. The molecule has 0 bridgehead atoms. The van der Waals surface area contributed by atoms with E-state index in [1.54, 1.807) is 18.3 Å². The van der Waals surface area contributed by atoms with E-state index in [0.29, 0.717) is 22.2 Å². The molecular formula is C14H11N5O3. The van der Waals surface area contributed by atoms with Crippen molar-refractivity contribution in [2.75, 3.05) is 5.73 Å². The molecule has 0 radical (unpaired) electrons. The molecule has 2 aromatic heterocycles. The van der Waals surface area contributed by atoms with Gasteiger partial charge >= 0.3 is 0 Å². The first-order chi connectivity index (χ1) is 10.5. The Balaban J connectivity index is 2.30. The van der Waals surface area contributed by atoms with Gasteiger partial charge in [-0.05, 0) is 24.6 Å². The number of non-ortho nitro benzene ring substituents is 1. The molecule has 0 saturated heterocycles. The van der Waals surface area contributed by atoms with Gasteiger partial charge in [0.25, 0.3) is 5.69 Å². The third-order valence-electron chi connectivity index (χ3n) is 3.35. The number of rotatable bonds is 3. The summed E-state index contributed by atoms with van der Waals surface area (Å²) in [5.41, 5.74) is 8.01.